The lowest BCUT2D eigenvalue weighted by Crippen LogP contribution is -2.14. The van der Waals surface area contributed by atoms with E-state index in [1.54, 1.807) is 0 Å². The molecular weight excluding hydrogens is 617 g/mol. The molecule has 240 valence electrons. The Hall–Kier alpha value is -6.38. The number of rotatable bonds is 4. The minimum absolute atomic E-state index is 0.110. The van der Waals surface area contributed by atoms with Gasteiger partial charge in [0, 0.05) is 22.1 Å². The number of hydrogen-bond acceptors (Lipinski definition) is 2. The van der Waals surface area contributed by atoms with E-state index >= 15 is 0 Å². The standard InChI is InChI=1S/C49H34N2/c1-49(2)43-19-11-10-18-39(43)40-26-25-36(29-44(40)49)46-30-45(34-22-20-32(21-23-34)31-12-4-3-5-13-31)50-48(51-46)47-38-17-9-7-15-35(38)28-42-37-16-8-6-14-33(37)24-27-41(42)47/h3-30H,1-2H3. The Labute approximate surface area is 297 Å². The summed E-state index contributed by atoms with van der Waals surface area (Å²) in [5.74, 6) is 0.731. The van der Waals surface area contributed by atoms with Crippen molar-refractivity contribution >= 4 is 32.3 Å². The Morgan fingerprint density at radius 3 is 1.80 bits per heavy atom. The van der Waals surface area contributed by atoms with Crippen LogP contribution in [-0.2, 0) is 5.41 Å². The van der Waals surface area contributed by atoms with Gasteiger partial charge >= 0.3 is 0 Å². The Balaban J connectivity index is 1.23. The van der Waals surface area contributed by atoms with E-state index in [0.717, 1.165) is 44.7 Å². The molecule has 1 heterocycles. The van der Waals surface area contributed by atoms with Crippen LogP contribution < -0.4 is 0 Å². The van der Waals surface area contributed by atoms with Crippen molar-refractivity contribution in [3.05, 3.63) is 181 Å². The molecule has 0 amide bonds. The predicted molar refractivity (Wildman–Crippen MR) is 214 cm³/mol. The fourth-order valence-corrected chi connectivity index (χ4v) is 8.24. The van der Waals surface area contributed by atoms with E-state index in [1.807, 2.05) is 0 Å². The molecule has 0 radical (unpaired) electrons. The first-order chi connectivity index (χ1) is 25.0. The third kappa shape index (κ3) is 4.71. The number of hydrogen-bond donors (Lipinski definition) is 0. The number of nitrogens with zero attached hydrogens (tertiary/aromatic N) is 2. The Morgan fingerprint density at radius 2 is 0.980 bits per heavy atom. The molecular formula is C49H34N2. The van der Waals surface area contributed by atoms with E-state index in [0.29, 0.717) is 0 Å². The average Bonchev–Trinajstić information content (AvgIpc) is 3.42. The van der Waals surface area contributed by atoms with Crippen LogP contribution in [0.25, 0.3) is 88.5 Å². The molecule has 51 heavy (non-hydrogen) atoms. The molecule has 1 aliphatic rings. The largest absolute Gasteiger partial charge is 0.228 e. The molecule has 8 aromatic carbocycles. The summed E-state index contributed by atoms with van der Waals surface area (Å²) in [7, 11) is 0. The minimum atomic E-state index is -0.110. The SMILES string of the molecule is CC1(C)c2ccccc2-c2ccc(-c3cc(-c4ccc(-c5ccccc5)cc4)nc(-c4c5ccccc5cc5c4ccc4ccccc45)n3)cc21. The molecule has 0 aliphatic heterocycles. The van der Waals surface area contributed by atoms with Gasteiger partial charge < -0.3 is 0 Å². The fourth-order valence-electron chi connectivity index (χ4n) is 8.24. The van der Waals surface area contributed by atoms with Crippen molar-refractivity contribution in [2.75, 3.05) is 0 Å². The summed E-state index contributed by atoms with van der Waals surface area (Å²) in [4.78, 5) is 10.9. The molecule has 2 nitrogen and oxygen atoms in total. The quantitative estimate of drug-likeness (QED) is 0.140. The van der Waals surface area contributed by atoms with Gasteiger partial charge in [-0.25, -0.2) is 9.97 Å². The van der Waals surface area contributed by atoms with Crippen molar-refractivity contribution in [2.24, 2.45) is 0 Å². The monoisotopic (exact) mass is 650 g/mol. The fraction of sp³-hybridized carbons (Fsp3) is 0.0612. The summed E-state index contributed by atoms with van der Waals surface area (Å²) in [6, 6.07) is 61.2. The van der Waals surface area contributed by atoms with Crippen molar-refractivity contribution in [1.29, 1.82) is 0 Å². The van der Waals surface area contributed by atoms with Gasteiger partial charge in [-0.3, -0.25) is 0 Å². The number of benzene rings is 8. The lowest BCUT2D eigenvalue weighted by molar-refractivity contribution is 0.660. The zero-order chi connectivity index (χ0) is 34.1. The van der Waals surface area contributed by atoms with E-state index in [9.17, 15) is 0 Å². The van der Waals surface area contributed by atoms with Crippen molar-refractivity contribution in [2.45, 2.75) is 19.3 Å². The summed E-state index contributed by atoms with van der Waals surface area (Å²) in [6.07, 6.45) is 0. The van der Waals surface area contributed by atoms with Crippen molar-refractivity contribution in [3.8, 4) is 56.2 Å². The Morgan fingerprint density at radius 1 is 0.373 bits per heavy atom. The average molecular weight is 651 g/mol. The summed E-state index contributed by atoms with van der Waals surface area (Å²) >= 11 is 0. The highest BCUT2D eigenvalue weighted by Gasteiger charge is 2.35. The molecule has 1 aromatic heterocycles. The van der Waals surface area contributed by atoms with E-state index < -0.39 is 0 Å². The van der Waals surface area contributed by atoms with Gasteiger partial charge in [0.05, 0.1) is 11.4 Å². The molecule has 0 bridgehead atoms. The second-order valence-electron chi connectivity index (χ2n) is 14.2. The number of fused-ring (bicyclic) bond motifs is 7. The molecule has 0 saturated heterocycles. The molecule has 1 aliphatic carbocycles. The Bertz CT molecular complexity index is 2810. The molecule has 2 heteroatoms. The third-order valence-corrected chi connectivity index (χ3v) is 10.9. The summed E-state index contributed by atoms with van der Waals surface area (Å²) in [5, 5.41) is 7.14. The molecule has 0 atom stereocenters. The maximum absolute atomic E-state index is 5.46. The normalized spacial score (nSPS) is 13.1. The lowest BCUT2D eigenvalue weighted by Gasteiger charge is -2.22. The minimum Gasteiger partial charge on any atom is -0.228 e. The predicted octanol–water partition coefficient (Wildman–Crippen LogP) is 12.9. The van der Waals surface area contributed by atoms with Crippen LogP contribution in [0, 0.1) is 0 Å². The van der Waals surface area contributed by atoms with Crippen LogP contribution in [0.15, 0.2) is 170 Å². The first kappa shape index (κ1) is 29.5. The third-order valence-electron chi connectivity index (χ3n) is 10.9. The van der Waals surface area contributed by atoms with Crippen LogP contribution in [0.5, 0.6) is 0 Å². The first-order valence-electron chi connectivity index (χ1n) is 17.7. The van der Waals surface area contributed by atoms with Crippen LogP contribution in [0.2, 0.25) is 0 Å². The lowest BCUT2D eigenvalue weighted by atomic mass is 9.82. The highest BCUT2D eigenvalue weighted by molar-refractivity contribution is 6.19. The zero-order valence-electron chi connectivity index (χ0n) is 28.6. The summed E-state index contributed by atoms with van der Waals surface area (Å²) in [6.45, 7) is 4.66. The van der Waals surface area contributed by atoms with E-state index in [-0.39, 0.29) is 5.41 Å². The first-order valence-corrected chi connectivity index (χ1v) is 17.7. The van der Waals surface area contributed by atoms with E-state index in [2.05, 4.69) is 184 Å². The van der Waals surface area contributed by atoms with Crippen molar-refractivity contribution in [3.63, 3.8) is 0 Å². The van der Waals surface area contributed by atoms with E-state index in [4.69, 9.17) is 9.97 Å². The van der Waals surface area contributed by atoms with Crippen LogP contribution in [0.3, 0.4) is 0 Å². The highest BCUT2D eigenvalue weighted by atomic mass is 14.9. The van der Waals surface area contributed by atoms with Gasteiger partial charge in [-0.05, 0) is 83.9 Å². The van der Waals surface area contributed by atoms with Crippen LogP contribution in [0.4, 0.5) is 0 Å². The van der Waals surface area contributed by atoms with Gasteiger partial charge in [0.1, 0.15) is 0 Å². The topological polar surface area (TPSA) is 25.8 Å². The summed E-state index contributed by atoms with van der Waals surface area (Å²) in [5.41, 5.74) is 12.6. The van der Waals surface area contributed by atoms with Crippen molar-refractivity contribution in [1.82, 2.24) is 9.97 Å². The van der Waals surface area contributed by atoms with Crippen LogP contribution in [0.1, 0.15) is 25.0 Å². The summed E-state index contributed by atoms with van der Waals surface area (Å²) < 4.78 is 0. The van der Waals surface area contributed by atoms with Crippen LogP contribution in [-0.4, -0.2) is 9.97 Å². The molecule has 0 unspecified atom stereocenters. The molecule has 0 N–H and O–H groups in total. The second kappa shape index (κ2) is 11.3. The van der Waals surface area contributed by atoms with Crippen LogP contribution >= 0.6 is 0 Å². The molecule has 0 fully saturated rings. The van der Waals surface area contributed by atoms with E-state index in [1.165, 1.54) is 54.9 Å². The molecule has 10 rings (SSSR count). The smallest absolute Gasteiger partial charge is 0.161 e. The van der Waals surface area contributed by atoms with Gasteiger partial charge in [-0.15, -0.1) is 0 Å². The maximum Gasteiger partial charge on any atom is 0.161 e. The van der Waals surface area contributed by atoms with Gasteiger partial charge in [0.2, 0.25) is 0 Å². The van der Waals surface area contributed by atoms with Crippen molar-refractivity contribution < 1.29 is 0 Å². The Kier molecular flexibility index (Phi) is 6.56. The highest BCUT2D eigenvalue weighted by Crippen LogP contribution is 2.49. The molecule has 0 saturated carbocycles. The maximum atomic E-state index is 5.46. The van der Waals surface area contributed by atoms with Gasteiger partial charge in [-0.1, -0.05) is 166 Å². The number of aromatic nitrogens is 2. The molecule has 0 spiro atoms. The molecule has 9 aromatic rings. The van der Waals surface area contributed by atoms with Gasteiger partial charge in [0.15, 0.2) is 5.82 Å². The zero-order valence-corrected chi connectivity index (χ0v) is 28.6. The van der Waals surface area contributed by atoms with Gasteiger partial charge in [0.25, 0.3) is 0 Å². The second-order valence-corrected chi connectivity index (χ2v) is 14.2. The van der Waals surface area contributed by atoms with Gasteiger partial charge in [-0.2, -0.15) is 0 Å².